The number of likely N-dealkylation sites (tertiary alicyclic amines) is 1. The molecule has 1 aromatic carbocycles. The van der Waals surface area contributed by atoms with Crippen LogP contribution < -0.4 is 5.32 Å². The lowest BCUT2D eigenvalue weighted by Gasteiger charge is -2.35. The van der Waals surface area contributed by atoms with Gasteiger partial charge in [0.2, 0.25) is 0 Å². The first kappa shape index (κ1) is 16.3. The molecule has 1 amide bonds. The highest BCUT2D eigenvalue weighted by Gasteiger charge is 2.27. The summed E-state index contributed by atoms with van der Waals surface area (Å²) in [4.78, 5) is 26.0. The quantitative estimate of drug-likeness (QED) is 0.868. The second-order valence-electron chi connectivity index (χ2n) is 6.13. The van der Waals surface area contributed by atoms with E-state index in [1.807, 2.05) is 23.1 Å². The summed E-state index contributed by atoms with van der Waals surface area (Å²) in [5.41, 5.74) is 1.27. The Morgan fingerprint density at radius 3 is 2.50 bits per heavy atom. The fraction of sp³-hybridized carbons (Fsp3) is 0.529. The van der Waals surface area contributed by atoms with Crippen LogP contribution in [0.15, 0.2) is 24.3 Å². The summed E-state index contributed by atoms with van der Waals surface area (Å²) in [5, 5.41) is 2.98. The van der Waals surface area contributed by atoms with Gasteiger partial charge in [-0.25, -0.2) is 0 Å². The van der Waals surface area contributed by atoms with Gasteiger partial charge < -0.3 is 15.0 Å². The van der Waals surface area contributed by atoms with Gasteiger partial charge in [0.05, 0.1) is 12.7 Å². The van der Waals surface area contributed by atoms with Crippen LogP contribution in [0.2, 0.25) is 0 Å². The van der Waals surface area contributed by atoms with Crippen molar-refractivity contribution in [1.29, 1.82) is 0 Å². The molecule has 1 heterocycles. The SMILES string of the molecule is COC(=O)CNc1ccccc1C(=O)N1CC(C)CC(C)C1. The highest BCUT2D eigenvalue weighted by atomic mass is 16.5. The van der Waals surface area contributed by atoms with E-state index in [1.54, 1.807) is 6.07 Å². The maximum Gasteiger partial charge on any atom is 0.325 e. The third kappa shape index (κ3) is 4.00. The molecule has 1 aromatic rings. The fourth-order valence-electron chi connectivity index (χ4n) is 3.06. The monoisotopic (exact) mass is 304 g/mol. The maximum atomic E-state index is 12.8. The number of ether oxygens (including phenoxy) is 1. The van der Waals surface area contributed by atoms with Gasteiger partial charge in [0, 0.05) is 18.8 Å². The summed E-state index contributed by atoms with van der Waals surface area (Å²) in [6.07, 6.45) is 1.16. The summed E-state index contributed by atoms with van der Waals surface area (Å²) in [6.45, 7) is 5.98. The lowest BCUT2D eigenvalue weighted by molar-refractivity contribution is -0.138. The molecule has 120 valence electrons. The van der Waals surface area contributed by atoms with Crippen molar-refractivity contribution in [2.75, 3.05) is 32.1 Å². The molecule has 1 aliphatic heterocycles. The van der Waals surface area contributed by atoms with E-state index in [4.69, 9.17) is 0 Å². The van der Waals surface area contributed by atoms with Crippen LogP contribution in [0.3, 0.4) is 0 Å². The second kappa shape index (κ2) is 7.29. The molecule has 5 heteroatoms. The zero-order valence-electron chi connectivity index (χ0n) is 13.5. The first-order valence-corrected chi connectivity index (χ1v) is 7.70. The minimum Gasteiger partial charge on any atom is -0.468 e. The number of anilines is 1. The standard InChI is InChI=1S/C17H24N2O3/c1-12-8-13(2)11-19(10-12)17(21)14-6-4-5-7-15(14)18-9-16(20)22-3/h4-7,12-13,18H,8-11H2,1-3H3. The molecular weight excluding hydrogens is 280 g/mol. The van der Waals surface area contributed by atoms with E-state index in [-0.39, 0.29) is 18.4 Å². The predicted molar refractivity (Wildman–Crippen MR) is 85.8 cm³/mol. The van der Waals surface area contributed by atoms with Crippen molar-refractivity contribution < 1.29 is 14.3 Å². The number of piperidine rings is 1. The van der Waals surface area contributed by atoms with Gasteiger partial charge in [-0.1, -0.05) is 26.0 Å². The average Bonchev–Trinajstić information content (AvgIpc) is 2.51. The molecule has 0 aromatic heterocycles. The van der Waals surface area contributed by atoms with Gasteiger partial charge in [-0.15, -0.1) is 0 Å². The van der Waals surface area contributed by atoms with Crippen molar-refractivity contribution in [1.82, 2.24) is 4.90 Å². The average molecular weight is 304 g/mol. The summed E-state index contributed by atoms with van der Waals surface area (Å²) in [5.74, 6) is 0.694. The van der Waals surface area contributed by atoms with E-state index in [0.29, 0.717) is 23.1 Å². The molecule has 2 rings (SSSR count). The molecule has 0 spiro atoms. The van der Waals surface area contributed by atoms with Crippen LogP contribution in [0, 0.1) is 11.8 Å². The maximum absolute atomic E-state index is 12.8. The molecule has 1 fully saturated rings. The van der Waals surface area contributed by atoms with Gasteiger partial charge in [0.15, 0.2) is 0 Å². The molecule has 22 heavy (non-hydrogen) atoms. The Labute approximate surface area is 131 Å². The van der Waals surface area contributed by atoms with Gasteiger partial charge >= 0.3 is 5.97 Å². The molecule has 0 radical (unpaired) electrons. The van der Waals surface area contributed by atoms with Gasteiger partial charge in [0.25, 0.3) is 5.91 Å². The van der Waals surface area contributed by atoms with Crippen molar-refractivity contribution in [2.45, 2.75) is 20.3 Å². The number of para-hydroxylation sites is 1. The van der Waals surface area contributed by atoms with Gasteiger partial charge in [-0.2, -0.15) is 0 Å². The number of hydrogen-bond acceptors (Lipinski definition) is 4. The Hall–Kier alpha value is -2.04. The number of carbonyl (C=O) groups excluding carboxylic acids is 2. The summed E-state index contributed by atoms with van der Waals surface area (Å²) < 4.78 is 4.62. The van der Waals surface area contributed by atoms with Crippen LogP contribution in [0.5, 0.6) is 0 Å². The van der Waals surface area contributed by atoms with E-state index < -0.39 is 0 Å². The Morgan fingerprint density at radius 2 is 1.86 bits per heavy atom. The van der Waals surface area contributed by atoms with Crippen molar-refractivity contribution >= 4 is 17.6 Å². The van der Waals surface area contributed by atoms with E-state index in [2.05, 4.69) is 23.9 Å². The molecule has 0 saturated carbocycles. The number of benzene rings is 1. The van der Waals surface area contributed by atoms with Crippen LogP contribution >= 0.6 is 0 Å². The van der Waals surface area contributed by atoms with Gasteiger partial charge in [0.1, 0.15) is 6.54 Å². The van der Waals surface area contributed by atoms with Crippen LogP contribution in [0.4, 0.5) is 5.69 Å². The summed E-state index contributed by atoms with van der Waals surface area (Å²) in [6, 6.07) is 7.30. The fourth-order valence-corrected chi connectivity index (χ4v) is 3.06. The molecule has 1 N–H and O–H groups in total. The topological polar surface area (TPSA) is 58.6 Å². The normalized spacial score (nSPS) is 21.3. The molecule has 0 bridgehead atoms. The largest absolute Gasteiger partial charge is 0.468 e. The number of hydrogen-bond donors (Lipinski definition) is 1. The van der Waals surface area contributed by atoms with Crippen molar-refractivity contribution in [3.05, 3.63) is 29.8 Å². The third-order valence-corrected chi connectivity index (χ3v) is 3.96. The highest BCUT2D eigenvalue weighted by Crippen LogP contribution is 2.24. The van der Waals surface area contributed by atoms with E-state index in [0.717, 1.165) is 19.5 Å². The van der Waals surface area contributed by atoms with E-state index >= 15 is 0 Å². The number of nitrogens with one attached hydrogen (secondary N) is 1. The molecule has 2 unspecified atom stereocenters. The lowest BCUT2D eigenvalue weighted by atomic mass is 9.91. The molecule has 2 atom stereocenters. The Morgan fingerprint density at radius 1 is 1.23 bits per heavy atom. The van der Waals surface area contributed by atoms with Crippen molar-refractivity contribution in [3.8, 4) is 0 Å². The lowest BCUT2D eigenvalue weighted by Crippen LogP contribution is -2.42. The van der Waals surface area contributed by atoms with E-state index in [9.17, 15) is 9.59 Å². The number of rotatable bonds is 4. The molecular formula is C17H24N2O3. The van der Waals surface area contributed by atoms with Crippen LogP contribution in [0.1, 0.15) is 30.6 Å². The number of amides is 1. The van der Waals surface area contributed by atoms with Gasteiger partial charge in [-0.05, 0) is 30.4 Å². The zero-order chi connectivity index (χ0) is 16.1. The highest BCUT2D eigenvalue weighted by molar-refractivity contribution is 6.00. The smallest absolute Gasteiger partial charge is 0.325 e. The first-order valence-electron chi connectivity index (χ1n) is 7.70. The number of carbonyl (C=O) groups is 2. The molecule has 1 aliphatic rings. The summed E-state index contributed by atoms with van der Waals surface area (Å²) >= 11 is 0. The van der Waals surface area contributed by atoms with Crippen molar-refractivity contribution in [2.24, 2.45) is 11.8 Å². The second-order valence-corrected chi connectivity index (χ2v) is 6.13. The Balaban J connectivity index is 2.13. The van der Waals surface area contributed by atoms with Crippen molar-refractivity contribution in [3.63, 3.8) is 0 Å². The number of esters is 1. The third-order valence-electron chi connectivity index (χ3n) is 3.96. The van der Waals surface area contributed by atoms with Crippen LogP contribution in [-0.4, -0.2) is 43.5 Å². The predicted octanol–water partition coefficient (Wildman–Crippen LogP) is 2.39. The molecule has 1 saturated heterocycles. The van der Waals surface area contributed by atoms with Crippen LogP contribution in [0.25, 0.3) is 0 Å². The minimum absolute atomic E-state index is 0.0198. The van der Waals surface area contributed by atoms with Gasteiger partial charge in [-0.3, -0.25) is 9.59 Å². The Kier molecular flexibility index (Phi) is 5.41. The first-order chi connectivity index (χ1) is 10.5. The Bertz CT molecular complexity index is 534. The van der Waals surface area contributed by atoms with Crippen LogP contribution in [-0.2, 0) is 9.53 Å². The minimum atomic E-state index is -0.359. The molecule has 0 aliphatic carbocycles. The number of methoxy groups -OCH3 is 1. The van der Waals surface area contributed by atoms with E-state index in [1.165, 1.54) is 7.11 Å². The summed E-state index contributed by atoms with van der Waals surface area (Å²) in [7, 11) is 1.34. The number of nitrogens with zero attached hydrogens (tertiary/aromatic N) is 1. The zero-order valence-corrected chi connectivity index (χ0v) is 13.5. The molecule has 5 nitrogen and oxygen atoms in total.